The van der Waals surface area contributed by atoms with E-state index >= 15 is 0 Å². The number of alkyl halides is 3. The number of carbonyl (C=O) groups excluding carboxylic acids is 3. The number of pyridine rings is 1. The highest BCUT2D eigenvalue weighted by atomic mass is 19.4. The predicted molar refractivity (Wildman–Crippen MR) is 103 cm³/mol. The average molecular weight is 430 g/mol. The van der Waals surface area contributed by atoms with Crippen LogP contribution in [0, 0.1) is 0 Å². The van der Waals surface area contributed by atoms with Crippen LogP contribution in [-0.4, -0.2) is 38.6 Å². The van der Waals surface area contributed by atoms with Crippen molar-refractivity contribution in [3.05, 3.63) is 71.2 Å². The van der Waals surface area contributed by atoms with E-state index < -0.39 is 11.7 Å². The molecule has 0 radical (unpaired) electrons. The van der Waals surface area contributed by atoms with Gasteiger partial charge in [0.2, 0.25) is 5.91 Å². The number of halogens is 3. The van der Waals surface area contributed by atoms with Gasteiger partial charge in [-0.15, -0.1) is 0 Å². The van der Waals surface area contributed by atoms with Crippen molar-refractivity contribution in [1.29, 1.82) is 0 Å². The number of fused-ring (bicyclic) bond motifs is 2. The normalized spacial score (nSPS) is 13.7. The molecule has 3 amide bonds. The van der Waals surface area contributed by atoms with E-state index in [1.165, 1.54) is 16.7 Å². The molecule has 0 spiro atoms. The van der Waals surface area contributed by atoms with Gasteiger partial charge in [0.1, 0.15) is 5.65 Å². The molecule has 0 aliphatic carbocycles. The van der Waals surface area contributed by atoms with Crippen LogP contribution in [0.1, 0.15) is 44.8 Å². The average Bonchev–Trinajstić information content (AvgIpc) is 3.25. The first-order valence-electron chi connectivity index (χ1n) is 9.51. The van der Waals surface area contributed by atoms with Crippen molar-refractivity contribution in [2.24, 2.45) is 0 Å². The van der Waals surface area contributed by atoms with Crippen molar-refractivity contribution in [2.45, 2.75) is 25.6 Å². The molecule has 0 fully saturated rings. The third-order valence-corrected chi connectivity index (χ3v) is 4.96. The van der Waals surface area contributed by atoms with Gasteiger partial charge in [-0.3, -0.25) is 19.3 Å². The second-order valence-electron chi connectivity index (χ2n) is 7.10. The summed E-state index contributed by atoms with van der Waals surface area (Å²) in [5.41, 5.74) is 0.673. The van der Waals surface area contributed by atoms with E-state index in [0.29, 0.717) is 22.5 Å². The third kappa shape index (κ3) is 4.14. The molecule has 10 heteroatoms. The molecule has 160 valence electrons. The fourth-order valence-electron chi connectivity index (χ4n) is 3.41. The van der Waals surface area contributed by atoms with Gasteiger partial charge >= 0.3 is 6.18 Å². The van der Waals surface area contributed by atoms with E-state index in [9.17, 15) is 27.6 Å². The summed E-state index contributed by atoms with van der Waals surface area (Å²) in [6.07, 6.45) is -1.72. The van der Waals surface area contributed by atoms with Gasteiger partial charge in [-0.1, -0.05) is 12.1 Å². The summed E-state index contributed by atoms with van der Waals surface area (Å²) >= 11 is 0. The summed E-state index contributed by atoms with van der Waals surface area (Å²) in [6, 6.07) is 8.76. The number of benzene rings is 1. The number of nitrogens with one attached hydrogen (secondary N) is 1. The van der Waals surface area contributed by atoms with Crippen LogP contribution in [-0.2, 0) is 17.5 Å². The number of amides is 3. The van der Waals surface area contributed by atoms with Gasteiger partial charge in [0.15, 0.2) is 0 Å². The Kier molecular flexibility index (Phi) is 5.22. The Morgan fingerprint density at radius 2 is 1.68 bits per heavy atom. The molecule has 1 aromatic carbocycles. The van der Waals surface area contributed by atoms with E-state index in [2.05, 4.69) is 10.3 Å². The van der Waals surface area contributed by atoms with Crippen molar-refractivity contribution in [3.63, 3.8) is 0 Å². The van der Waals surface area contributed by atoms with E-state index in [-0.39, 0.29) is 43.7 Å². The lowest BCUT2D eigenvalue weighted by atomic mass is 10.1. The van der Waals surface area contributed by atoms with Crippen molar-refractivity contribution < 1.29 is 27.6 Å². The molecule has 0 atom stereocenters. The van der Waals surface area contributed by atoms with Gasteiger partial charge in [-0.05, 0) is 30.7 Å². The maximum absolute atomic E-state index is 12.8. The SMILES string of the molecule is O=C(CCCN1C(=O)c2ccccc2C1=O)NCc1cn2cc(C(F)(F)F)ccc2n1. The zero-order valence-corrected chi connectivity index (χ0v) is 16.1. The molecule has 1 N–H and O–H groups in total. The van der Waals surface area contributed by atoms with Crippen LogP contribution in [0.4, 0.5) is 13.2 Å². The second kappa shape index (κ2) is 7.86. The number of aromatic nitrogens is 2. The smallest absolute Gasteiger partial charge is 0.350 e. The van der Waals surface area contributed by atoms with Gasteiger partial charge in [-0.25, -0.2) is 4.98 Å². The number of rotatable bonds is 6. The van der Waals surface area contributed by atoms with Crippen molar-refractivity contribution in [1.82, 2.24) is 19.6 Å². The highest BCUT2D eigenvalue weighted by Crippen LogP contribution is 2.29. The van der Waals surface area contributed by atoms with Crippen LogP contribution in [0.5, 0.6) is 0 Å². The van der Waals surface area contributed by atoms with E-state index in [1.807, 2.05) is 0 Å². The summed E-state index contributed by atoms with van der Waals surface area (Å²) < 4.78 is 39.6. The summed E-state index contributed by atoms with van der Waals surface area (Å²) in [7, 11) is 0. The number of nitrogens with zero attached hydrogens (tertiary/aromatic N) is 3. The minimum Gasteiger partial charge on any atom is -0.350 e. The second-order valence-corrected chi connectivity index (χ2v) is 7.10. The maximum Gasteiger partial charge on any atom is 0.417 e. The first-order valence-corrected chi connectivity index (χ1v) is 9.51. The standard InChI is InChI=1S/C21H17F3N4O3/c22-21(23,24)13-7-8-17-26-14(12-27(17)11-13)10-25-18(29)6-3-9-28-19(30)15-4-1-2-5-16(15)20(28)31/h1-2,4-5,7-8,11-12H,3,6,9-10H2,(H,25,29). The monoisotopic (exact) mass is 430 g/mol. The van der Waals surface area contributed by atoms with Crippen molar-refractivity contribution in [3.8, 4) is 0 Å². The number of imidazole rings is 1. The Morgan fingerprint density at radius 1 is 1.00 bits per heavy atom. The molecule has 3 aromatic rings. The van der Waals surface area contributed by atoms with Gasteiger partial charge in [0.05, 0.1) is 28.9 Å². The summed E-state index contributed by atoms with van der Waals surface area (Å²) in [5, 5.41) is 2.64. The molecule has 31 heavy (non-hydrogen) atoms. The number of carbonyl (C=O) groups is 3. The number of hydrogen-bond donors (Lipinski definition) is 1. The molecule has 0 unspecified atom stereocenters. The lowest BCUT2D eigenvalue weighted by molar-refractivity contribution is -0.137. The first kappa shape index (κ1) is 20.6. The Morgan fingerprint density at radius 3 is 2.32 bits per heavy atom. The Labute approximate surface area is 174 Å². The largest absolute Gasteiger partial charge is 0.417 e. The van der Waals surface area contributed by atoms with Crippen molar-refractivity contribution >= 4 is 23.4 Å². The highest BCUT2D eigenvalue weighted by molar-refractivity contribution is 6.21. The van der Waals surface area contributed by atoms with Gasteiger partial charge in [-0.2, -0.15) is 13.2 Å². The summed E-state index contributed by atoms with van der Waals surface area (Å²) in [4.78, 5) is 42.0. The molecule has 2 aromatic heterocycles. The molecular formula is C21H17F3N4O3. The van der Waals surface area contributed by atoms with Gasteiger partial charge in [0, 0.05) is 25.4 Å². The zero-order chi connectivity index (χ0) is 22.2. The first-order chi connectivity index (χ1) is 14.7. The van der Waals surface area contributed by atoms with Crippen molar-refractivity contribution in [2.75, 3.05) is 6.54 Å². The van der Waals surface area contributed by atoms with E-state index in [4.69, 9.17) is 0 Å². The summed E-state index contributed by atoms with van der Waals surface area (Å²) in [6.45, 7) is 0.170. The third-order valence-electron chi connectivity index (χ3n) is 4.96. The summed E-state index contributed by atoms with van der Waals surface area (Å²) in [5.74, 6) is -1.06. The lowest BCUT2D eigenvalue weighted by Gasteiger charge is -2.13. The Hall–Kier alpha value is -3.69. The van der Waals surface area contributed by atoms with Crippen LogP contribution in [0.25, 0.3) is 5.65 Å². The Balaban J connectivity index is 1.28. The molecule has 0 saturated carbocycles. The molecule has 1 aliphatic rings. The number of imide groups is 1. The molecule has 7 nitrogen and oxygen atoms in total. The van der Waals surface area contributed by atoms with Crippen LogP contribution >= 0.6 is 0 Å². The lowest BCUT2D eigenvalue weighted by Crippen LogP contribution is -2.32. The fourth-order valence-corrected chi connectivity index (χ4v) is 3.41. The van der Waals surface area contributed by atoms with E-state index in [0.717, 1.165) is 17.2 Å². The maximum atomic E-state index is 12.8. The molecule has 1 aliphatic heterocycles. The number of hydrogen-bond acceptors (Lipinski definition) is 4. The zero-order valence-electron chi connectivity index (χ0n) is 16.1. The van der Waals surface area contributed by atoms with E-state index in [1.54, 1.807) is 24.3 Å². The minimum atomic E-state index is -4.45. The highest BCUT2D eigenvalue weighted by Gasteiger charge is 2.34. The molecule has 4 rings (SSSR count). The molecule has 3 heterocycles. The topological polar surface area (TPSA) is 83.8 Å². The quantitative estimate of drug-likeness (QED) is 0.610. The predicted octanol–water partition coefficient (Wildman–Crippen LogP) is 3.05. The Bertz CT molecular complexity index is 1150. The van der Waals surface area contributed by atoms with Crippen LogP contribution < -0.4 is 5.32 Å². The van der Waals surface area contributed by atoms with Crippen LogP contribution in [0.15, 0.2) is 48.8 Å². The molecule has 0 bridgehead atoms. The van der Waals surface area contributed by atoms with Crippen LogP contribution in [0.3, 0.4) is 0 Å². The molecule has 0 saturated heterocycles. The van der Waals surface area contributed by atoms with Gasteiger partial charge in [0.25, 0.3) is 11.8 Å². The van der Waals surface area contributed by atoms with Crippen LogP contribution in [0.2, 0.25) is 0 Å². The fraction of sp³-hybridized carbons (Fsp3) is 0.238. The minimum absolute atomic E-state index is 0.0505. The molecular weight excluding hydrogens is 413 g/mol. The van der Waals surface area contributed by atoms with Gasteiger partial charge < -0.3 is 9.72 Å².